The molecule has 3 rings (SSSR count). The highest BCUT2D eigenvalue weighted by molar-refractivity contribution is 9.10. The maximum Gasteiger partial charge on any atom is 0.266 e. The van der Waals surface area contributed by atoms with Gasteiger partial charge in [-0.3, -0.25) is 9.59 Å². The molecule has 6 nitrogen and oxygen atoms in total. The normalized spacial score (nSPS) is 17.4. The number of carbonyl (C=O) groups excluding carboxylic acids is 1. The van der Waals surface area contributed by atoms with Crippen molar-refractivity contribution in [2.45, 2.75) is 19.8 Å². The third kappa shape index (κ3) is 4.10. The summed E-state index contributed by atoms with van der Waals surface area (Å²) in [4.78, 5) is 26.2. The molecule has 1 N–H and O–H groups in total. The van der Waals surface area contributed by atoms with E-state index in [1.54, 1.807) is 13.1 Å². The molecule has 1 aliphatic rings. The van der Waals surface area contributed by atoms with Crippen molar-refractivity contribution < 1.29 is 4.79 Å². The van der Waals surface area contributed by atoms with Crippen molar-refractivity contribution in [1.29, 1.82) is 0 Å². The zero-order valence-corrected chi connectivity index (χ0v) is 15.9. The van der Waals surface area contributed by atoms with Crippen LogP contribution in [0.25, 0.3) is 0 Å². The molecular formula is C18H21BrN4O2. The van der Waals surface area contributed by atoms with Crippen molar-refractivity contribution in [3.8, 4) is 0 Å². The van der Waals surface area contributed by atoms with Gasteiger partial charge in [-0.05, 0) is 59.5 Å². The molecule has 0 aliphatic carbocycles. The van der Waals surface area contributed by atoms with E-state index in [1.165, 1.54) is 10.7 Å². The second-order valence-corrected chi connectivity index (χ2v) is 7.27. The number of hydrogen-bond acceptors (Lipinski definition) is 4. The average molecular weight is 405 g/mol. The SMILES string of the molecule is Cc1ccc(NC(=O)[C@H]2CCCN(c3ccc(=O)n(C)n3)C2)c(Br)c1. The molecule has 0 unspecified atom stereocenters. The van der Waals surface area contributed by atoms with Crippen molar-refractivity contribution in [1.82, 2.24) is 9.78 Å². The Morgan fingerprint density at radius 1 is 1.32 bits per heavy atom. The summed E-state index contributed by atoms with van der Waals surface area (Å²) in [7, 11) is 1.63. The summed E-state index contributed by atoms with van der Waals surface area (Å²) in [5.74, 6) is 0.635. The highest BCUT2D eigenvalue weighted by Gasteiger charge is 2.27. The topological polar surface area (TPSA) is 67.2 Å². The predicted molar refractivity (Wildman–Crippen MR) is 102 cm³/mol. The molecule has 1 atom stereocenters. The number of nitrogens with zero attached hydrogens (tertiary/aromatic N) is 3. The molecule has 1 amide bonds. The van der Waals surface area contributed by atoms with Crippen LogP contribution in [0.3, 0.4) is 0 Å². The van der Waals surface area contributed by atoms with Gasteiger partial charge in [-0.1, -0.05) is 6.07 Å². The quantitative estimate of drug-likeness (QED) is 0.853. The van der Waals surface area contributed by atoms with Gasteiger partial charge in [0.05, 0.1) is 11.6 Å². The van der Waals surface area contributed by atoms with Gasteiger partial charge >= 0.3 is 0 Å². The lowest BCUT2D eigenvalue weighted by molar-refractivity contribution is -0.120. The summed E-state index contributed by atoms with van der Waals surface area (Å²) in [6.07, 6.45) is 1.76. The second-order valence-electron chi connectivity index (χ2n) is 6.41. The van der Waals surface area contributed by atoms with E-state index in [2.05, 4.69) is 31.2 Å². The Labute approximate surface area is 155 Å². The monoisotopic (exact) mass is 404 g/mol. The van der Waals surface area contributed by atoms with Crippen molar-refractivity contribution in [3.05, 3.63) is 50.7 Å². The molecule has 1 fully saturated rings. The average Bonchev–Trinajstić information content (AvgIpc) is 2.60. The van der Waals surface area contributed by atoms with Crippen LogP contribution in [0.2, 0.25) is 0 Å². The number of carbonyl (C=O) groups is 1. The van der Waals surface area contributed by atoms with E-state index in [0.717, 1.165) is 40.9 Å². The van der Waals surface area contributed by atoms with Gasteiger partial charge in [-0.25, -0.2) is 4.68 Å². The number of benzene rings is 1. The van der Waals surface area contributed by atoms with Crippen LogP contribution in [0.15, 0.2) is 39.6 Å². The van der Waals surface area contributed by atoms with Crippen LogP contribution in [0.4, 0.5) is 11.5 Å². The lowest BCUT2D eigenvalue weighted by Crippen LogP contribution is -2.41. The molecule has 1 aromatic heterocycles. The first-order valence-electron chi connectivity index (χ1n) is 8.30. The van der Waals surface area contributed by atoms with Gasteiger partial charge in [0.25, 0.3) is 5.56 Å². The Morgan fingerprint density at radius 2 is 2.12 bits per heavy atom. The van der Waals surface area contributed by atoms with Gasteiger partial charge in [0.1, 0.15) is 5.82 Å². The van der Waals surface area contributed by atoms with Gasteiger partial charge < -0.3 is 10.2 Å². The Kier molecular flexibility index (Phi) is 5.22. The molecule has 132 valence electrons. The van der Waals surface area contributed by atoms with Crippen LogP contribution >= 0.6 is 15.9 Å². The standard InChI is InChI=1S/C18H21BrN4O2/c1-12-5-6-15(14(19)10-12)20-18(25)13-4-3-9-23(11-13)16-7-8-17(24)22(2)21-16/h5-8,10,13H,3-4,9,11H2,1-2H3,(H,20,25)/t13-/m0/s1. The highest BCUT2D eigenvalue weighted by atomic mass is 79.9. The first-order chi connectivity index (χ1) is 11.9. The molecule has 0 saturated carbocycles. The van der Waals surface area contributed by atoms with Gasteiger partial charge in [0.2, 0.25) is 5.91 Å². The number of rotatable bonds is 3. The third-order valence-corrected chi connectivity index (χ3v) is 5.10. The van der Waals surface area contributed by atoms with E-state index >= 15 is 0 Å². The van der Waals surface area contributed by atoms with E-state index in [-0.39, 0.29) is 17.4 Å². The van der Waals surface area contributed by atoms with Crippen LogP contribution in [0.1, 0.15) is 18.4 Å². The second kappa shape index (κ2) is 7.39. The van der Waals surface area contributed by atoms with Crippen LogP contribution in [0.5, 0.6) is 0 Å². The molecule has 0 radical (unpaired) electrons. The number of amides is 1. The van der Waals surface area contributed by atoms with Gasteiger partial charge in [0, 0.05) is 30.7 Å². The molecule has 2 aromatic rings. The molecule has 1 aliphatic heterocycles. The van der Waals surface area contributed by atoms with Crippen LogP contribution in [0, 0.1) is 12.8 Å². The number of aryl methyl sites for hydroxylation is 2. The Hall–Kier alpha value is -2.15. The molecular weight excluding hydrogens is 384 g/mol. The summed E-state index contributed by atoms with van der Waals surface area (Å²) < 4.78 is 2.20. The smallest absolute Gasteiger partial charge is 0.266 e. The Morgan fingerprint density at radius 3 is 2.84 bits per heavy atom. The van der Waals surface area contributed by atoms with E-state index in [4.69, 9.17) is 0 Å². The number of halogens is 1. The molecule has 1 aromatic carbocycles. The van der Waals surface area contributed by atoms with Crippen molar-refractivity contribution in [3.63, 3.8) is 0 Å². The number of aromatic nitrogens is 2. The first-order valence-corrected chi connectivity index (χ1v) is 9.09. The van der Waals surface area contributed by atoms with Gasteiger partial charge in [0.15, 0.2) is 0 Å². The van der Waals surface area contributed by atoms with Gasteiger partial charge in [-0.2, -0.15) is 5.10 Å². The molecule has 0 spiro atoms. The van der Waals surface area contributed by atoms with E-state index in [9.17, 15) is 9.59 Å². The zero-order chi connectivity index (χ0) is 18.0. The van der Waals surface area contributed by atoms with Gasteiger partial charge in [-0.15, -0.1) is 0 Å². The van der Waals surface area contributed by atoms with Crippen LogP contribution in [-0.2, 0) is 11.8 Å². The van der Waals surface area contributed by atoms with Crippen molar-refractivity contribution in [2.75, 3.05) is 23.3 Å². The molecule has 7 heteroatoms. The van der Waals surface area contributed by atoms with Crippen LogP contribution < -0.4 is 15.8 Å². The summed E-state index contributed by atoms with van der Waals surface area (Å²) in [6, 6.07) is 9.10. The summed E-state index contributed by atoms with van der Waals surface area (Å²) in [5, 5.41) is 7.30. The number of anilines is 2. The van der Waals surface area contributed by atoms with Crippen LogP contribution in [-0.4, -0.2) is 28.8 Å². The third-order valence-electron chi connectivity index (χ3n) is 4.45. The largest absolute Gasteiger partial charge is 0.354 e. The lowest BCUT2D eigenvalue weighted by atomic mass is 9.97. The predicted octanol–water partition coefficient (Wildman–Crippen LogP) is 2.71. The Balaban J connectivity index is 1.71. The molecule has 0 bridgehead atoms. The minimum Gasteiger partial charge on any atom is -0.354 e. The van der Waals surface area contributed by atoms with E-state index < -0.39 is 0 Å². The van der Waals surface area contributed by atoms with E-state index in [0.29, 0.717) is 6.54 Å². The number of hydrogen-bond donors (Lipinski definition) is 1. The molecule has 2 heterocycles. The maximum absolute atomic E-state index is 12.7. The summed E-state index contributed by atoms with van der Waals surface area (Å²) >= 11 is 3.50. The number of piperidine rings is 1. The zero-order valence-electron chi connectivity index (χ0n) is 14.3. The van der Waals surface area contributed by atoms with Crippen molar-refractivity contribution >= 4 is 33.3 Å². The van der Waals surface area contributed by atoms with Crippen molar-refractivity contribution in [2.24, 2.45) is 13.0 Å². The minimum absolute atomic E-state index is 0.0130. The maximum atomic E-state index is 12.7. The molecule has 1 saturated heterocycles. The summed E-state index contributed by atoms with van der Waals surface area (Å²) in [6.45, 7) is 3.44. The molecule has 25 heavy (non-hydrogen) atoms. The summed E-state index contributed by atoms with van der Waals surface area (Å²) in [5.41, 5.74) is 1.78. The minimum atomic E-state index is -0.140. The number of nitrogens with one attached hydrogen (secondary N) is 1. The highest BCUT2D eigenvalue weighted by Crippen LogP contribution is 2.26. The fourth-order valence-corrected chi connectivity index (χ4v) is 3.61. The fourth-order valence-electron chi connectivity index (χ4n) is 3.01. The first kappa shape index (κ1) is 17.7. The fraction of sp³-hybridized carbons (Fsp3) is 0.389. The lowest BCUT2D eigenvalue weighted by Gasteiger charge is -2.32. The Bertz CT molecular complexity index is 849. The van der Waals surface area contributed by atoms with E-state index in [1.807, 2.05) is 25.1 Å².